The smallest absolute Gasteiger partial charge is 0.569 e. The van der Waals surface area contributed by atoms with Gasteiger partial charge in [-0.2, -0.15) is 0 Å². The number of hydrogen-bond donors (Lipinski definition) is 1. The van der Waals surface area contributed by atoms with E-state index in [9.17, 15) is 10.0 Å². The first kappa shape index (κ1) is 17.3. The first-order valence-corrected chi connectivity index (χ1v) is 5.38. The summed E-state index contributed by atoms with van der Waals surface area (Å²) in [7, 11) is 0. The van der Waals surface area contributed by atoms with Crippen molar-refractivity contribution in [2.75, 3.05) is 26.2 Å². The predicted octanol–water partition coefficient (Wildman–Crippen LogP) is -2.19. The molecule has 0 saturated carbocycles. The van der Waals surface area contributed by atoms with Gasteiger partial charge in [0.2, 0.25) is 5.28 Å². The van der Waals surface area contributed by atoms with Gasteiger partial charge in [0.25, 0.3) is 0 Å². The van der Waals surface area contributed by atoms with Crippen LogP contribution in [0.2, 0.25) is 0 Å². The van der Waals surface area contributed by atoms with Crippen molar-refractivity contribution in [2.24, 2.45) is 5.28 Å². The molecule has 1 heterocycles. The van der Waals surface area contributed by atoms with Crippen LogP contribution in [0.1, 0.15) is 20.8 Å². The minimum absolute atomic E-state index is 0. The summed E-state index contributed by atoms with van der Waals surface area (Å²) < 4.78 is 5.20. The van der Waals surface area contributed by atoms with E-state index in [4.69, 9.17) is 9.94 Å². The molecule has 1 fully saturated rings. The standard InChI is InChI=1S/C9H18N4O4.Na/c1-9(2,3)17-8(14)11-4-6-12(7-5-11)13(16)10-15;/h15H,4-7H2,1-3H3;/q;+1. The van der Waals surface area contributed by atoms with E-state index in [2.05, 4.69) is 5.28 Å². The number of piperazine rings is 1. The molecule has 0 atom stereocenters. The van der Waals surface area contributed by atoms with Crippen LogP contribution in [0, 0.1) is 5.21 Å². The summed E-state index contributed by atoms with van der Waals surface area (Å²) >= 11 is 0. The van der Waals surface area contributed by atoms with Crippen LogP contribution in [0.4, 0.5) is 4.79 Å². The van der Waals surface area contributed by atoms with Crippen LogP contribution in [0.15, 0.2) is 5.28 Å². The zero-order valence-corrected chi connectivity index (χ0v) is 13.3. The third-order valence-electron chi connectivity index (χ3n) is 2.23. The zero-order valence-electron chi connectivity index (χ0n) is 11.3. The number of carbonyl (C=O) groups excluding carboxylic acids is 1. The second kappa shape index (κ2) is 7.01. The maximum atomic E-state index is 11.7. The summed E-state index contributed by atoms with van der Waals surface area (Å²) in [5.74, 6) is 0. The number of hydrazine groups is 1. The minimum atomic E-state index is -0.529. The monoisotopic (exact) mass is 269 g/mol. The Kier molecular flexibility index (Phi) is 6.72. The molecule has 1 rings (SSSR count). The molecule has 0 unspecified atom stereocenters. The van der Waals surface area contributed by atoms with Crippen LogP contribution in [-0.2, 0) is 4.74 Å². The van der Waals surface area contributed by atoms with E-state index < -0.39 is 11.7 Å². The second-order valence-electron chi connectivity index (χ2n) is 4.76. The molecule has 0 aliphatic carbocycles. The van der Waals surface area contributed by atoms with Crippen molar-refractivity contribution in [3.63, 3.8) is 0 Å². The maximum Gasteiger partial charge on any atom is 1.00 e. The number of amides is 1. The van der Waals surface area contributed by atoms with E-state index in [0.29, 0.717) is 26.2 Å². The van der Waals surface area contributed by atoms with Gasteiger partial charge in [0.05, 0.1) is 18.1 Å². The maximum absolute atomic E-state index is 11.7. The van der Waals surface area contributed by atoms with Crippen LogP contribution in [0.5, 0.6) is 0 Å². The van der Waals surface area contributed by atoms with Crippen LogP contribution in [-0.4, -0.2) is 58.0 Å². The Morgan fingerprint density at radius 2 is 1.83 bits per heavy atom. The van der Waals surface area contributed by atoms with Gasteiger partial charge in [-0.3, -0.25) is 0 Å². The molecule has 8 nitrogen and oxygen atoms in total. The molecule has 1 N–H and O–H groups in total. The molecular weight excluding hydrogens is 251 g/mol. The predicted molar refractivity (Wildman–Crippen MR) is 57.2 cm³/mol. The van der Waals surface area contributed by atoms with Crippen molar-refractivity contribution in [1.29, 1.82) is 0 Å². The largest absolute Gasteiger partial charge is 1.00 e. The first-order chi connectivity index (χ1) is 7.83. The van der Waals surface area contributed by atoms with Crippen molar-refractivity contribution < 1.29 is 49.3 Å². The normalized spacial score (nSPS) is 17.2. The molecule has 1 saturated heterocycles. The summed E-state index contributed by atoms with van der Waals surface area (Å²) in [5.41, 5.74) is -0.529. The van der Waals surface area contributed by atoms with Crippen molar-refractivity contribution in [3.05, 3.63) is 5.21 Å². The van der Waals surface area contributed by atoms with Crippen molar-refractivity contribution >= 4 is 6.09 Å². The molecule has 1 aliphatic rings. The van der Waals surface area contributed by atoms with Gasteiger partial charge in [0, 0.05) is 13.1 Å². The first-order valence-electron chi connectivity index (χ1n) is 5.38. The van der Waals surface area contributed by atoms with Gasteiger partial charge in [-0.25, -0.2) is 4.79 Å². The summed E-state index contributed by atoms with van der Waals surface area (Å²) in [5, 5.41) is 23.1. The Bertz CT molecular complexity index is 310. The molecule has 1 aliphatic heterocycles. The minimum Gasteiger partial charge on any atom is -0.569 e. The Morgan fingerprint density at radius 3 is 2.22 bits per heavy atom. The topological polar surface area (TPSA) is 91.4 Å². The number of hydrogen-bond acceptors (Lipinski definition) is 4. The Morgan fingerprint density at radius 1 is 1.33 bits per heavy atom. The van der Waals surface area contributed by atoms with Crippen LogP contribution < -0.4 is 29.6 Å². The number of nitrogens with zero attached hydrogens (tertiary/aromatic N) is 4. The van der Waals surface area contributed by atoms with Crippen LogP contribution in [0.3, 0.4) is 0 Å². The Hall–Kier alpha value is -0.730. The van der Waals surface area contributed by atoms with Crippen molar-refractivity contribution in [1.82, 2.24) is 9.91 Å². The molecule has 1 amide bonds. The van der Waals surface area contributed by atoms with Crippen molar-refractivity contribution in [3.8, 4) is 0 Å². The molecule has 0 aromatic carbocycles. The molecule has 0 aromatic rings. The van der Waals surface area contributed by atoms with Crippen LogP contribution in [0.25, 0.3) is 0 Å². The fraction of sp³-hybridized carbons (Fsp3) is 0.889. The van der Waals surface area contributed by atoms with E-state index in [1.54, 1.807) is 20.8 Å². The molecule has 0 spiro atoms. The van der Waals surface area contributed by atoms with Crippen LogP contribution >= 0.6 is 0 Å². The van der Waals surface area contributed by atoms with E-state index in [1.165, 1.54) is 9.91 Å². The molecule has 9 heteroatoms. The quantitative estimate of drug-likeness (QED) is 0.253. The van der Waals surface area contributed by atoms with E-state index in [0.717, 1.165) is 0 Å². The van der Waals surface area contributed by atoms with E-state index in [-0.39, 0.29) is 34.5 Å². The molecule has 98 valence electrons. The van der Waals surface area contributed by atoms with Gasteiger partial charge >= 0.3 is 35.7 Å². The summed E-state index contributed by atoms with van der Waals surface area (Å²) in [6, 6.07) is 0. The van der Waals surface area contributed by atoms with Gasteiger partial charge in [0.15, 0.2) is 0 Å². The number of rotatable bonds is 1. The Balaban J connectivity index is 0.00000289. The van der Waals surface area contributed by atoms with Gasteiger partial charge in [0.1, 0.15) is 5.60 Å². The molecular formula is C9H18N4NaO4+. The molecule has 0 bridgehead atoms. The van der Waals surface area contributed by atoms with Crippen molar-refractivity contribution in [2.45, 2.75) is 26.4 Å². The van der Waals surface area contributed by atoms with E-state index >= 15 is 0 Å². The van der Waals surface area contributed by atoms with Gasteiger partial charge < -0.3 is 20.1 Å². The fourth-order valence-electron chi connectivity index (χ4n) is 1.43. The van der Waals surface area contributed by atoms with E-state index in [1.807, 2.05) is 0 Å². The molecule has 0 radical (unpaired) electrons. The van der Waals surface area contributed by atoms with Gasteiger partial charge in [-0.1, -0.05) is 0 Å². The number of carbonyl (C=O) groups is 1. The zero-order chi connectivity index (χ0) is 13.1. The van der Waals surface area contributed by atoms with Gasteiger partial charge in [-0.05, 0) is 20.8 Å². The fourth-order valence-corrected chi connectivity index (χ4v) is 1.43. The summed E-state index contributed by atoms with van der Waals surface area (Å²) in [6.45, 7) is 6.74. The SMILES string of the molecule is CC(C)(C)OC(=O)N1CCN([N+]([O-])=NO)CC1.[Na+]. The average molecular weight is 269 g/mol. The van der Waals surface area contributed by atoms with Gasteiger partial charge in [-0.15, -0.1) is 5.01 Å². The number of ether oxygens (including phenoxy) is 1. The third kappa shape index (κ3) is 5.28. The Labute approximate surface area is 128 Å². The summed E-state index contributed by atoms with van der Waals surface area (Å²) in [6.07, 6.45) is -0.393. The average Bonchev–Trinajstić information content (AvgIpc) is 2.26. The summed E-state index contributed by atoms with van der Waals surface area (Å²) in [4.78, 5) is 13.3. The molecule has 0 aromatic heterocycles. The second-order valence-corrected chi connectivity index (χ2v) is 4.76. The third-order valence-corrected chi connectivity index (χ3v) is 2.23. The molecule has 18 heavy (non-hydrogen) atoms.